The highest BCUT2D eigenvalue weighted by molar-refractivity contribution is 9.10. The number of piperazine rings is 1. The van der Waals surface area contributed by atoms with Gasteiger partial charge in [-0.2, -0.15) is 0 Å². The molecule has 1 fully saturated rings. The zero-order valence-corrected chi connectivity index (χ0v) is 17.2. The van der Waals surface area contributed by atoms with Crippen LogP contribution < -0.4 is 10.1 Å². The first-order valence-electron chi connectivity index (χ1n) is 9.28. The van der Waals surface area contributed by atoms with Gasteiger partial charge < -0.3 is 19.5 Å². The van der Waals surface area contributed by atoms with Gasteiger partial charge in [-0.3, -0.25) is 4.90 Å². The molecule has 0 bridgehead atoms. The first-order valence-corrected chi connectivity index (χ1v) is 10.1. The van der Waals surface area contributed by atoms with Crippen LogP contribution in [0.5, 0.6) is 5.75 Å². The minimum Gasteiger partial charge on any atom is -0.492 e. The van der Waals surface area contributed by atoms with E-state index in [1.54, 1.807) is 6.26 Å². The van der Waals surface area contributed by atoms with Crippen molar-refractivity contribution in [1.82, 2.24) is 20.3 Å². The van der Waals surface area contributed by atoms with Crippen molar-refractivity contribution in [3.8, 4) is 5.75 Å². The summed E-state index contributed by atoms with van der Waals surface area (Å²) < 4.78 is 11.7. The largest absolute Gasteiger partial charge is 0.492 e. The SMILES string of the molecule is CCNC(=NCCOc1ccc(Br)cc1)N1CCN(Cc2ccon2)CC1. The summed E-state index contributed by atoms with van der Waals surface area (Å²) in [5.74, 6) is 1.82. The van der Waals surface area contributed by atoms with Crippen LogP contribution >= 0.6 is 15.9 Å². The fourth-order valence-corrected chi connectivity index (χ4v) is 3.20. The minimum absolute atomic E-state index is 0.558. The van der Waals surface area contributed by atoms with Crippen molar-refractivity contribution >= 4 is 21.9 Å². The van der Waals surface area contributed by atoms with Gasteiger partial charge in [-0.1, -0.05) is 21.1 Å². The number of aliphatic imine (C=N–C) groups is 1. The predicted molar refractivity (Wildman–Crippen MR) is 109 cm³/mol. The lowest BCUT2D eigenvalue weighted by Gasteiger charge is -2.36. The van der Waals surface area contributed by atoms with E-state index in [0.717, 1.165) is 61.1 Å². The van der Waals surface area contributed by atoms with Gasteiger partial charge in [0.25, 0.3) is 0 Å². The molecule has 0 amide bonds. The number of rotatable bonds is 7. The van der Waals surface area contributed by atoms with Gasteiger partial charge in [0.2, 0.25) is 0 Å². The Morgan fingerprint density at radius 3 is 2.67 bits per heavy atom. The molecular formula is C19H26BrN5O2. The first-order chi connectivity index (χ1) is 13.2. The maximum Gasteiger partial charge on any atom is 0.194 e. The van der Waals surface area contributed by atoms with Crippen LogP contribution in [-0.2, 0) is 6.54 Å². The normalized spacial score (nSPS) is 15.8. The number of ether oxygens (including phenoxy) is 1. The Balaban J connectivity index is 1.45. The zero-order chi connectivity index (χ0) is 18.9. The van der Waals surface area contributed by atoms with E-state index in [1.807, 2.05) is 30.3 Å². The third-order valence-electron chi connectivity index (χ3n) is 4.32. The van der Waals surface area contributed by atoms with Crippen LogP contribution in [-0.4, -0.2) is 66.8 Å². The highest BCUT2D eigenvalue weighted by atomic mass is 79.9. The standard InChI is InChI=1S/C19H26BrN5O2/c1-2-21-19(22-8-14-26-18-5-3-16(20)4-6-18)25-11-9-24(10-12-25)15-17-7-13-27-23-17/h3-7,13H,2,8-12,14-15H2,1H3,(H,21,22). The van der Waals surface area contributed by atoms with Gasteiger partial charge in [0.05, 0.1) is 12.2 Å². The van der Waals surface area contributed by atoms with Crippen molar-refractivity contribution in [2.75, 3.05) is 45.9 Å². The molecule has 1 aliphatic rings. The molecule has 3 rings (SSSR count). The third-order valence-corrected chi connectivity index (χ3v) is 4.85. The second-order valence-corrected chi connectivity index (χ2v) is 7.21. The molecule has 27 heavy (non-hydrogen) atoms. The van der Waals surface area contributed by atoms with Gasteiger partial charge in [0, 0.05) is 49.8 Å². The molecule has 7 nitrogen and oxygen atoms in total. The average molecular weight is 436 g/mol. The van der Waals surface area contributed by atoms with E-state index in [1.165, 1.54) is 0 Å². The number of benzene rings is 1. The molecule has 1 N–H and O–H groups in total. The van der Waals surface area contributed by atoms with Crippen LogP contribution in [0, 0.1) is 0 Å². The Morgan fingerprint density at radius 2 is 2.00 bits per heavy atom. The summed E-state index contributed by atoms with van der Waals surface area (Å²) in [5.41, 5.74) is 0.981. The predicted octanol–water partition coefficient (Wildman–Crippen LogP) is 2.60. The molecule has 8 heteroatoms. The smallest absolute Gasteiger partial charge is 0.194 e. The highest BCUT2D eigenvalue weighted by Gasteiger charge is 2.20. The summed E-state index contributed by atoms with van der Waals surface area (Å²) >= 11 is 3.43. The number of nitrogens with one attached hydrogen (secondary N) is 1. The van der Waals surface area contributed by atoms with E-state index >= 15 is 0 Å². The van der Waals surface area contributed by atoms with Crippen LogP contribution in [0.1, 0.15) is 12.6 Å². The van der Waals surface area contributed by atoms with E-state index in [-0.39, 0.29) is 0 Å². The second-order valence-electron chi connectivity index (χ2n) is 6.29. The minimum atomic E-state index is 0.558. The van der Waals surface area contributed by atoms with E-state index < -0.39 is 0 Å². The number of hydrogen-bond acceptors (Lipinski definition) is 5. The van der Waals surface area contributed by atoms with E-state index in [9.17, 15) is 0 Å². The molecule has 0 aliphatic carbocycles. The molecule has 0 spiro atoms. The lowest BCUT2D eigenvalue weighted by molar-refractivity contribution is 0.169. The van der Waals surface area contributed by atoms with Gasteiger partial charge in [0.15, 0.2) is 5.96 Å². The van der Waals surface area contributed by atoms with Gasteiger partial charge in [-0.25, -0.2) is 4.99 Å². The van der Waals surface area contributed by atoms with Crippen molar-refractivity contribution in [1.29, 1.82) is 0 Å². The summed E-state index contributed by atoms with van der Waals surface area (Å²) in [4.78, 5) is 9.41. The Labute approximate surface area is 168 Å². The summed E-state index contributed by atoms with van der Waals surface area (Å²) in [5, 5.41) is 7.38. The number of guanidine groups is 1. The molecule has 1 aliphatic heterocycles. The number of hydrogen-bond donors (Lipinski definition) is 1. The maximum atomic E-state index is 5.75. The van der Waals surface area contributed by atoms with Crippen LogP contribution in [0.25, 0.3) is 0 Å². The Hall–Kier alpha value is -2.06. The Morgan fingerprint density at radius 1 is 1.22 bits per heavy atom. The number of halogens is 1. The monoisotopic (exact) mass is 435 g/mol. The number of nitrogens with zero attached hydrogens (tertiary/aromatic N) is 4. The quantitative estimate of drug-likeness (QED) is 0.409. The van der Waals surface area contributed by atoms with Crippen LogP contribution in [0.15, 0.2) is 50.6 Å². The Kier molecular flexibility index (Phi) is 7.53. The summed E-state index contributed by atoms with van der Waals surface area (Å²) in [7, 11) is 0. The average Bonchev–Trinajstić information content (AvgIpc) is 3.19. The van der Waals surface area contributed by atoms with Gasteiger partial charge in [-0.05, 0) is 31.2 Å². The third kappa shape index (κ3) is 6.25. The second kappa shape index (κ2) is 10.3. The van der Waals surface area contributed by atoms with E-state index in [0.29, 0.717) is 13.2 Å². The fraction of sp³-hybridized carbons (Fsp3) is 0.474. The van der Waals surface area contributed by atoms with E-state index in [2.05, 4.69) is 43.1 Å². The van der Waals surface area contributed by atoms with E-state index in [4.69, 9.17) is 14.3 Å². The van der Waals surface area contributed by atoms with Crippen molar-refractivity contribution < 1.29 is 9.26 Å². The van der Waals surface area contributed by atoms with Crippen LogP contribution in [0.3, 0.4) is 0 Å². The highest BCUT2D eigenvalue weighted by Crippen LogP contribution is 2.15. The molecule has 2 heterocycles. The maximum absolute atomic E-state index is 5.75. The molecule has 1 saturated heterocycles. The first kappa shape index (κ1) is 19.7. The molecule has 2 aromatic rings. The van der Waals surface area contributed by atoms with Crippen molar-refractivity contribution in [2.45, 2.75) is 13.5 Å². The molecule has 0 atom stereocenters. The summed E-state index contributed by atoms with van der Waals surface area (Å²) in [6.07, 6.45) is 1.62. The molecule has 1 aromatic heterocycles. The zero-order valence-electron chi connectivity index (χ0n) is 15.6. The molecule has 0 unspecified atom stereocenters. The number of aromatic nitrogens is 1. The lowest BCUT2D eigenvalue weighted by Crippen LogP contribution is -2.52. The van der Waals surface area contributed by atoms with Crippen LogP contribution in [0.4, 0.5) is 0 Å². The topological polar surface area (TPSA) is 66.1 Å². The van der Waals surface area contributed by atoms with Crippen molar-refractivity contribution in [2.24, 2.45) is 4.99 Å². The fourth-order valence-electron chi connectivity index (χ4n) is 2.94. The Bertz CT molecular complexity index is 697. The molecule has 1 aromatic carbocycles. The van der Waals surface area contributed by atoms with Crippen molar-refractivity contribution in [3.05, 3.63) is 46.8 Å². The van der Waals surface area contributed by atoms with Gasteiger partial charge in [0.1, 0.15) is 18.6 Å². The van der Waals surface area contributed by atoms with Gasteiger partial charge in [-0.15, -0.1) is 0 Å². The summed E-state index contributed by atoms with van der Waals surface area (Å²) in [6.45, 7) is 8.80. The van der Waals surface area contributed by atoms with Crippen molar-refractivity contribution in [3.63, 3.8) is 0 Å². The molecule has 146 valence electrons. The van der Waals surface area contributed by atoms with Gasteiger partial charge >= 0.3 is 0 Å². The molecular weight excluding hydrogens is 410 g/mol. The summed E-state index contributed by atoms with van der Waals surface area (Å²) in [6, 6.07) is 9.77. The van der Waals surface area contributed by atoms with Crippen LogP contribution in [0.2, 0.25) is 0 Å². The lowest BCUT2D eigenvalue weighted by atomic mass is 10.3. The molecule has 0 saturated carbocycles. The molecule has 0 radical (unpaired) electrons.